The lowest BCUT2D eigenvalue weighted by molar-refractivity contribution is 0.134. The SMILES string of the molecule is CC(C)CCC(C)NCCN(C)C1CCCN(C)C1. The third kappa shape index (κ3) is 7.28. The Bertz CT molecular complexity index is 230. The van der Waals surface area contributed by atoms with E-state index in [-0.39, 0.29) is 0 Å². The summed E-state index contributed by atoms with van der Waals surface area (Å²) in [7, 11) is 4.52. The summed E-state index contributed by atoms with van der Waals surface area (Å²) in [6, 6.07) is 1.41. The predicted octanol–water partition coefficient (Wildman–Crippen LogP) is 2.43. The zero-order chi connectivity index (χ0) is 14.3. The Labute approximate surface area is 120 Å². The molecule has 19 heavy (non-hydrogen) atoms. The molecule has 114 valence electrons. The topological polar surface area (TPSA) is 18.5 Å². The highest BCUT2D eigenvalue weighted by Gasteiger charge is 2.20. The van der Waals surface area contributed by atoms with E-state index in [0.29, 0.717) is 6.04 Å². The predicted molar refractivity (Wildman–Crippen MR) is 84.7 cm³/mol. The second-order valence-corrected chi connectivity index (χ2v) is 6.87. The first kappa shape index (κ1) is 16.9. The van der Waals surface area contributed by atoms with E-state index in [1.807, 2.05) is 0 Å². The van der Waals surface area contributed by atoms with Gasteiger partial charge in [-0.15, -0.1) is 0 Å². The number of rotatable bonds is 8. The van der Waals surface area contributed by atoms with Crippen LogP contribution in [0.25, 0.3) is 0 Å². The molecule has 0 aromatic heterocycles. The molecule has 0 aliphatic carbocycles. The number of likely N-dealkylation sites (N-methyl/N-ethyl adjacent to an activating group) is 2. The van der Waals surface area contributed by atoms with Crippen LogP contribution in [0.3, 0.4) is 0 Å². The van der Waals surface area contributed by atoms with Gasteiger partial charge in [-0.2, -0.15) is 0 Å². The molecule has 2 atom stereocenters. The molecule has 2 unspecified atom stereocenters. The molecule has 0 aromatic carbocycles. The number of hydrogen-bond acceptors (Lipinski definition) is 3. The summed E-state index contributed by atoms with van der Waals surface area (Å²) in [6.45, 7) is 11.7. The lowest BCUT2D eigenvalue weighted by Gasteiger charge is -2.36. The lowest BCUT2D eigenvalue weighted by atomic mass is 10.0. The Kier molecular flexibility index (Phi) is 7.96. The zero-order valence-electron chi connectivity index (χ0n) is 13.8. The minimum atomic E-state index is 0.657. The minimum Gasteiger partial charge on any atom is -0.313 e. The molecule has 1 saturated heterocycles. The van der Waals surface area contributed by atoms with Crippen molar-refractivity contribution >= 4 is 0 Å². The van der Waals surface area contributed by atoms with Gasteiger partial charge in [0.1, 0.15) is 0 Å². The fourth-order valence-electron chi connectivity index (χ4n) is 2.85. The molecule has 1 aliphatic heterocycles. The van der Waals surface area contributed by atoms with E-state index in [1.165, 1.54) is 45.3 Å². The van der Waals surface area contributed by atoms with Crippen molar-refractivity contribution in [3.05, 3.63) is 0 Å². The van der Waals surface area contributed by atoms with E-state index in [9.17, 15) is 0 Å². The maximum Gasteiger partial charge on any atom is 0.0221 e. The van der Waals surface area contributed by atoms with E-state index in [0.717, 1.165) is 18.5 Å². The second-order valence-electron chi connectivity index (χ2n) is 6.87. The molecule has 1 fully saturated rings. The summed E-state index contributed by atoms with van der Waals surface area (Å²) in [5, 5.41) is 3.66. The van der Waals surface area contributed by atoms with Crippen molar-refractivity contribution < 1.29 is 0 Å². The number of likely N-dealkylation sites (tertiary alicyclic amines) is 1. The molecular formula is C16H35N3. The van der Waals surface area contributed by atoms with E-state index < -0.39 is 0 Å². The molecule has 0 radical (unpaired) electrons. The Morgan fingerprint density at radius 3 is 2.63 bits per heavy atom. The van der Waals surface area contributed by atoms with Gasteiger partial charge in [-0.1, -0.05) is 13.8 Å². The van der Waals surface area contributed by atoms with E-state index >= 15 is 0 Å². The standard InChI is InChI=1S/C16H35N3/c1-14(2)8-9-15(3)17-10-12-19(5)16-7-6-11-18(4)13-16/h14-17H,6-13H2,1-5H3. The molecule has 1 rings (SSSR count). The average Bonchev–Trinajstić information content (AvgIpc) is 2.36. The zero-order valence-corrected chi connectivity index (χ0v) is 13.8. The smallest absolute Gasteiger partial charge is 0.0221 e. The third-order valence-electron chi connectivity index (χ3n) is 4.36. The van der Waals surface area contributed by atoms with Gasteiger partial charge in [0.25, 0.3) is 0 Å². The van der Waals surface area contributed by atoms with Crippen molar-refractivity contribution in [2.24, 2.45) is 5.92 Å². The Morgan fingerprint density at radius 1 is 1.26 bits per heavy atom. The quantitative estimate of drug-likeness (QED) is 0.730. The van der Waals surface area contributed by atoms with Gasteiger partial charge >= 0.3 is 0 Å². The van der Waals surface area contributed by atoms with E-state index in [4.69, 9.17) is 0 Å². The summed E-state index contributed by atoms with van der Waals surface area (Å²) in [5.74, 6) is 0.824. The minimum absolute atomic E-state index is 0.657. The number of nitrogens with zero attached hydrogens (tertiary/aromatic N) is 2. The molecule has 0 saturated carbocycles. The van der Waals surface area contributed by atoms with Crippen molar-refractivity contribution in [2.45, 2.75) is 58.5 Å². The first-order valence-corrected chi connectivity index (χ1v) is 8.11. The van der Waals surface area contributed by atoms with Gasteiger partial charge in [0.15, 0.2) is 0 Å². The molecular weight excluding hydrogens is 234 g/mol. The second kappa shape index (κ2) is 8.93. The highest BCUT2D eigenvalue weighted by Crippen LogP contribution is 2.12. The molecule has 0 bridgehead atoms. The first-order chi connectivity index (χ1) is 8.99. The number of nitrogens with one attached hydrogen (secondary N) is 1. The highest BCUT2D eigenvalue weighted by atomic mass is 15.2. The maximum absolute atomic E-state index is 3.66. The van der Waals surface area contributed by atoms with Crippen LogP contribution in [0.5, 0.6) is 0 Å². The van der Waals surface area contributed by atoms with Crippen LogP contribution in [0, 0.1) is 5.92 Å². The number of hydrogen-bond donors (Lipinski definition) is 1. The number of piperidine rings is 1. The van der Waals surface area contributed by atoms with Crippen LogP contribution in [-0.4, -0.2) is 62.2 Å². The Morgan fingerprint density at radius 2 is 2.00 bits per heavy atom. The molecule has 0 aromatic rings. The molecule has 3 nitrogen and oxygen atoms in total. The van der Waals surface area contributed by atoms with E-state index in [2.05, 4.69) is 50.0 Å². The van der Waals surface area contributed by atoms with Crippen LogP contribution in [0.2, 0.25) is 0 Å². The van der Waals surface area contributed by atoms with Crippen LogP contribution < -0.4 is 5.32 Å². The van der Waals surface area contributed by atoms with Gasteiger partial charge < -0.3 is 15.1 Å². The van der Waals surface area contributed by atoms with Crippen LogP contribution in [0.1, 0.15) is 46.5 Å². The molecule has 1 aliphatic rings. The normalized spacial score (nSPS) is 23.2. The molecule has 0 amide bonds. The van der Waals surface area contributed by atoms with Gasteiger partial charge in [-0.3, -0.25) is 0 Å². The van der Waals surface area contributed by atoms with Crippen LogP contribution in [0.15, 0.2) is 0 Å². The average molecular weight is 269 g/mol. The van der Waals surface area contributed by atoms with Crippen molar-refractivity contribution in [2.75, 3.05) is 40.3 Å². The van der Waals surface area contributed by atoms with Crippen molar-refractivity contribution in [1.29, 1.82) is 0 Å². The van der Waals surface area contributed by atoms with Crippen molar-refractivity contribution in [3.8, 4) is 0 Å². The van der Waals surface area contributed by atoms with Gasteiger partial charge in [-0.05, 0) is 59.2 Å². The van der Waals surface area contributed by atoms with Crippen LogP contribution >= 0.6 is 0 Å². The van der Waals surface area contributed by atoms with Gasteiger partial charge in [0.05, 0.1) is 0 Å². The summed E-state index contributed by atoms with van der Waals surface area (Å²) in [6.07, 6.45) is 5.35. The van der Waals surface area contributed by atoms with E-state index in [1.54, 1.807) is 0 Å². The molecule has 3 heteroatoms. The summed E-state index contributed by atoms with van der Waals surface area (Å²) >= 11 is 0. The highest BCUT2D eigenvalue weighted by molar-refractivity contribution is 4.78. The van der Waals surface area contributed by atoms with Gasteiger partial charge in [0, 0.05) is 31.7 Å². The Balaban J connectivity index is 2.10. The van der Waals surface area contributed by atoms with Crippen LogP contribution in [0.4, 0.5) is 0 Å². The molecule has 1 N–H and O–H groups in total. The maximum atomic E-state index is 3.66. The first-order valence-electron chi connectivity index (χ1n) is 8.11. The third-order valence-corrected chi connectivity index (χ3v) is 4.36. The fourth-order valence-corrected chi connectivity index (χ4v) is 2.85. The lowest BCUT2D eigenvalue weighted by Crippen LogP contribution is -2.47. The summed E-state index contributed by atoms with van der Waals surface area (Å²) in [4.78, 5) is 5.00. The van der Waals surface area contributed by atoms with Crippen molar-refractivity contribution in [1.82, 2.24) is 15.1 Å². The summed E-state index contributed by atoms with van der Waals surface area (Å²) in [5.41, 5.74) is 0. The van der Waals surface area contributed by atoms with Gasteiger partial charge in [-0.25, -0.2) is 0 Å². The summed E-state index contributed by atoms with van der Waals surface area (Å²) < 4.78 is 0. The fraction of sp³-hybridized carbons (Fsp3) is 1.00. The largest absolute Gasteiger partial charge is 0.313 e. The van der Waals surface area contributed by atoms with Crippen LogP contribution in [-0.2, 0) is 0 Å². The Hall–Kier alpha value is -0.120. The van der Waals surface area contributed by atoms with Crippen molar-refractivity contribution in [3.63, 3.8) is 0 Å². The monoisotopic (exact) mass is 269 g/mol. The van der Waals surface area contributed by atoms with Gasteiger partial charge in [0.2, 0.25) is 0 Å². The molecule has 0 spiro atoms. The molecule has 1 heterocycles.